The fraction of sp³-hybridized carbons (Fsp3) is 0.950. The Balaban J connectivity index is 3.44. The minimum atomic E-state index is -0.678. The topological polar surface area (TPSA) is 63.6 Å². The van der Waals surface area contributed by atoms with Crippen molar-refractivity contribution in [3.8, 4) is 0 Å². The van der Waals surface area contributed by atoms with Crippen molar-refractivity contribution >= 4 is 11.9 Å². The first-order valence-corrected chi connectivity index (χ1v) is 20.0. The van der Waals surface area contributed by atoms with Crippen LogP contribution in [0.15, 0.2) is 0 Å². The van der Waals surface area contributed by atoms with Crippen LogP contribution in [0.1, 0.15) is 239 Å². The molecule has 0 saturated carbocycles. The van der Waals surface area contributed by atoms with Crippen LogP contribution >= 0.6 is 0 Å². The van der Waals surface area contributed by atoms with Gasteiger partial charge in [0.15, 0.2) is 0 Å². The molecule has 0 heterocycles. The van der Waals surface area contributed by atoms with E-state index in [1.807, 2.05) is 0 Å². The normalized spacial score (nSPS) is 12.0. The van der Waals surface area contributed by atoms with E-state index >= 15 is 0 Å². The minimum Gasteiger partial charge on any atom is -0.481 e. The second-order valence-corrected chi connectivity index (χ2v) is 13.8. The van der Waals surface area contributed by atoms with Crippen LogP contribution in [0.25, 0.3) is 0 Å². The number of ether oxygens (including phenoxy) is 1. The van der Waals surface area contributed by atoms with Gasteiger partial charge in [-0.1, -0.05) is 194 Å². The molecule has 4 heteroatoms. The largest absolute Gasteiger partial charge is 0.481 e. The molecule has 0 aromatic carbocycles. The van der Waals surface area contributed by atoms with Gasteiger partial charge in [-0.2, -0.15) is 0 Å². The molecule has 0 spiro atoms. The highest BCUT2D eigenvalue weighted by atomic mass is 16.5. The molecule has 0 aromatic rings. The number of rotatable bonds is 37. The fourth-order valence-corrected chi connectivity index (χ4v) is 6.42. The fourth-order valence-electron chi connectivity index (χ4n) is 6.42. The molecule has 0 aliphatic heterocycles. The van der Waals surface area contributed by atoms with Crippen LogP contribution in [-0.2, 0) is 14.3 Å². The van der Waals surface area contributed by atoms with Crippen molar-refractivity contribution in [2.45, 2.75) is 245 Å². The summed E-state index contributed by atoms with van der Waals surface area (Å²) in [6, 6.07) is 0. The molecule has 1 unspecified atom stereocenters. The molecular formula is C40H78O4. The standard InChI is InChI=1S/C40H78O4/c1-3-5-6-7-8-9-10-11-12-13-14-15-16-17-18-19-20-24-27-30-33-37-40(43)44-38(34-4-2)35-31-28-25-22-21-23-26-29-32-36-39(41)42/h38H,3-37H2,1-2H3,(H,41,42). The molecule has 1 N–H and O–H groups in total. The zero-order chi connectivity index (χ0) is 32.2. The van der Waals surface area contributed by atoms with E-state index in [-0.39, 0.29) is 12.1 Å². The van der Waals surface area contributed by atoms with Gasteiger partial charge in [-0.25, -0.2) is 0 Å². The summed E-state index contributed by atoms with van der Waals surface area (Å²) in [5, 5.41) is 8.67. The van der Waals surface area contributed by atoms with Gasteiger partial charge in [-0.05, 0) is 32.1 Å². The predicted molar refractivity (Wildman–Crippen MR) is 190 cm³/mol. The van der Waals surface area contributed by atoms with Crippen molar-refractivity contribution in [3.63, 3.8) is 0 Å². The maximum Gasteiger partial charge on any atom is 0.306 e. The van der Waals surface area contributed by atoms with E-state index in [4.69, 9.17) is 9.84 Å². The summed E-state index contributed by atoms with van der Waals surface area (Å²) in [4.78, 5) is 22.9. The molecule has 0 fully saturated rings. The molecule has 44 heavy (non-hydrogen) atoms. The molecule has 1 atom stereocenters. The van der Waals surface area contributed by atoms with E-state index in [0.717, 1.165) is 57.8 Å². The summed E-state index contributed by atoms with van der Waals surface area (Å²) in [5.74, 6) is -0.660. The highest BCUT2D eigenvalue weighted by molar-refractivity contribution is 5.69. The molecular weight excluding hydrogens is 544 g/mol. The number of carboxylic acids is 1. The predicted octanol–water partition coefficient (Wildman–Crippen LogP) is 13.7. The Bertz CT molecular complexity index is 590. The first kappa shape index (κ1) is 42.9. The molecule has 0 bridgehead atoms. The van der Waals surface area contributed by atoms with Gasteiger partial charge in [0.25, 0.3) is 0 Å². The molecule has 0 radical (unpaired) electrons. The van der Waals surface area contributed by atoms with Crippen molar-refractivity contribution in [1.82, 2.24) is 0 Å². The third kappa shape index (κ3) is 35.4. The van der Waals surface area contributed by atoms with Crippen LogP contribution in [0.5, 0.6) is 0 Å². The van der Waals surface area contributed by atoms with Gasteiger partial charge in [-0.3, -0.25) is 9.59 Å². The molecule has 0 aromatic heterocycles. The molecule has 4 nitrogen and oxygen atoms in total. The third-order valence-electron chi connectivity index (χ3n) is 9.31. The van der Waals surface area contributed by atoms with Crippen LogP contribution in [0.4, 0.5) is 0 Å². The lowest BCUT2D eigenvalue weighted by Gasteiger charge is -2.17. The van der Waals surface area contributed by atoms with Gasteiger partial charge in [0.1, 0.15) is 6.10 Å². The number of hydrogen-bond acceptors (Lipinski definition) is 3. The zero-order valence-corrected chi connectivity index (χ0v) is 30.0. The molecule has 0 aliphatic rings. The smallest absolute Gasteiger partial charge is 0.306 e. The van der Waals surface area contributed by atoms with E-state index in [0.29, 0.717) is 12.8 Å². The SMILES string of the molecule is CCCCCCCCCCCCCCCCCCCCCCCC(=O)OC(CCC)CCCCCCCCCCCC(=O)O. The zero-order valence-electron chi connectivity index (χ0n) is 30.0. The number of carbonyl (C=O) groups excluding carboxylic acids is 1. The van der Waals surface area contributed by atoms with Crippen LogP contribution in [0.2, 0.25) is 0 Å². The summed E-state index contributed by atoms with van der Waals surface area (Å²) in [6.45, 7) is 4.47. The minimum absolute atomic E-state index is 0.0177. The van der Waals surface area contributed by atoms with Crippen molar-refractivity contribution < 1.29 is 19.4 Å². The monoisotopic (exact) mass is 623 g/mol. The van der Waals surface area contributed by atoms with Gasteiger partial charge in [0.2, 0.25) is 0 Å². The summed E-state index contributed by atoms with van der Waals surface area (Å²) in [6.07, 6.45) is 43.4. The van der Waals surface area contributed by atoms with Crippen LogP contribution in [0, 0.1) is 0 Å². The summed E-state index contributed by atoms with van der Waals surface area (Å²) in [7, 11) is 0. The summed E-state index contributed by atoms with van der Waals surface area (Å²) < 4.78 is 5.85. The Hall–Kier alpha value is -1.06. The number of carbonyl (C=O) groups is 2. The highest BCUT2D eigenvalue weighted by Gasteiger charge is 2.13. The summed E-state index contributed by atoms with van der Waals surface area (Å²) >= 11 is 0. The highest BCUT2D eigenvalue weighted by Crippen LogP contribution is 2.18. The first-order valence-electron chi connectivity index (χ1n) is 20.0. The van der Waals surface area contributed by atoms with Gasteiger partial charge in [0, 0.05) is 12.8 Å². The van der Waals surface area contributed by atoms with Crippen molar-refractivity contribution in [2.24, 2.45) is 0 Å². The number of carboxylic acid groups (broad SMARTS) is 1. The number of hydrogen-bond donors (Lipinski definition) is 1. The van der Waals surface area contributed by atoms with E-state index in [9.17, 15) is 9.59 Å². The average Bonchev–Trinajstić information content (AvgIpc) is 3.00. The second-order valence-electron chi connectivity index (χ2n) is 13.8. The Morgan fingerprint density at radius 2 is 0.727 bits per heavy atom. The van der Waals surface area contributed by atoms with Gasteiger partial charge < -0.3 is 9.84 Å². The number of unbranched alkanes of at least 4 members (excludes halogenated alkanes) is 28. The lowest BCUT2D eigenvalue weighted by molar-refractivity contribution is -0.150. The Kier molecular flexibility index (Phi) is 35.5. The van der Waals surface area contributed by atoms with Gasteiger partial charge in [0.05, 0.1) is 0 Å². The lowest BCUT2D eigenvalue weighted by atomic mass is 10.0. The molecule has 0 amide bonds. The Morgan fingerprint density at radius 1 is 0.409 bits per heavy atom. The van der Waals surface area contributed by atoms with E-state index < -0.39 is 5.97 Å². The maximum atomic E-state index is 12.4. The van der Waals surface area contributed by atoms with Gasteiger partial charge in [-0.15, -0.1) is 0 Å². The molecule has 0 rings (SSSR count). The third-order valence-corrected chi connectivity index (χ3v) is 9.31. The van der Waals surface area contributed by atoms with Crippen molar-refractivity contribution in [3.05, 3.63) is 0 Å². The second kappa shape index (κ2) is 36.4. The van der Waals surface area contributed by atoms with Crippen LogP contribution in [0.3, 0.4) is 0 Å². The molecule has 0 saturated heterocycles. The van der Waals surface area contributed by atoms with Crippen molar-refractivity contribution in [1.29, 1.82) is 0 Å². The van der Waals surface area contributed by atoms with Crippen LogP contribution in [-0.4, -0.2) is 23.1 Å². The van der Waals surface area contributed by atoms with E-state index in [1.165, 1.54) is 154 Å². The lowest BCUT2D eigenvalue weighted by Crippen LogP contribution is -2.18. The Morgan fingerprint density at radius 3 is 1.07 bits per heavy atom. The number of esters is 1. The van der Waals surface area contributed by atoms with Crippen LogP contribution < -0.4 is 0 Å². The Labute approximate surface area is 275 Å². The van der Waals surface area contributed by atoms with E-state index in [2.05, 4.69) is 13.8 Å². The summed E-state index contributed by atoms with van der Waals surface area (Å²) in [5.41, 5.74) is 0. The average molecular weight is 623 g/mol. The van der Waals surface area contributed by atoms with E-state index in [1.54, 1.807) is 0 Å². The quantitative estimate of drug-likeness (QED) is 0.0553. The molecule has 262 valence electrons. The first-order chi connectivity index (χ1) is 21.6. The van der Waals surface area contributed by atoms with Gasteiger partial charge >= 0.3 is 11.9 Å². The van der Waals surface area contributed by atoms with Crippen molar-refractivity contribution in [2.75, 3.05) is 0 Å². The maximum absolute atomic E-state index is 12.4. The number of aliphatic carboxylic acids is 1. The molecule has 0 aliphatic carbocycles.